The molecule has 1 aromatic rings. The Balaban J connectivity index is 2.48. The van der Waals surface area contributed by atoms with Crippen molar-refractivity contribution < 1.29 is 18.7 Å². The highest BCUT2D eigenvalue weighted by molar-refractivity contribution is 9.10. The van der Waals surface area contributed by atoms with E-state index in [2.05, 4.69) is 31.8 Å². The largest absolute Gasteiger partial charge is 0.464 e. The van der Waals surface area contributed by atoms with Crippen molar-refractivity contribution in [3.63, 3.8) is 0 Å². The zero-order chi connectivity index (χ0) is 14.4. The van der Waals surface area contributed by atoms with Gasteiger partial charge in [0.25, 0.3) is 11.8 Å². The fraction of sp³-hybridized carbons (Fsp3) is 0.545. The summed E-state index contributed by atoms with van der Waals surface area (Å²) in [6.45, 7) is 5.95. The van der Waals surface area contributed by atoms with Crippen LogP contribution in [0.1, 0.15) is 31.5 Å². The van der Waals surface area contributed by atoms with Gasteiger partial charge in [0.2, 0.25) is 0 Å². The normalized spacial score (nSPS) is 12.1. The zero-order valence-electron chi connectivity index (χ0n) is 10.9. The lowest BCUT2D eigenvalue weighted by Gasteiger charge is -2.13. The number of nitrogens with zero attached hydrogens (tertiary/aromatic N) is 1. The summed E-state index contributed by atoms with van der Waals surface area (Å²) in [6.07, 6.45) is 1.29. The second kappa shape index (κ2) is 7.13. The molecule has 0 aliphatic rings. The molecule has 0 aliphatic heterocycles. The number of hydrogen-bond acceptors (Lipinski definition) is 5. The van der Waals surface area contributed by atoms with Crippen molar-refractivity contribution in [1.29, 1.82) is 0 Å². The maximum Gasteiger partial charge on any atom is 0.325 e. The van der Waals surface area contributed by atoms with E-state index in [4.69, 9.17) is 9.15 Å². The van der Waals surface area contributed by atoms with Crippen LogP contribution in [-0.4, -0.2) is 28.2 Å². The predicted molar refractivity (Wildman–Crippen MR) is 70.8 cm³/mol. The van der Waals surface area contributed by atoms with Crippen LogP contribution in [0.25, 0.3) is 0 Å². The van der Waals surface area contributed by atoms with Crippen LogP contribution in [0, 0.1) is 5.92 Å². The summed E-state index contributed by atoms with van der Waals surface area (Å²) in [5, 5.41) is 0. The van der Waals surface area contributed by atoms with Gasteiger partial charge in [-0.15, -0.1) is 0 Å². The summed E-state index contributed by atoms with van der Waals surface area (Å²) in [5.74, 6) is -0.926. The Morgan fingerprint density at radius 3 is 2.74 bits per heavy atom. The first-order valence-electron chi connectivity index (χ1n) is 5.78. The van der Waals surface area contributed by atoms with Crippen molar-refractivity contribution in [2.24, 2.45) is 5.92 Å². The summed E-state index contributed by atoms with van der Waals surface area (Å²) in [6, 6.07) is 0. The standard InChI is InChI=1S/C11H16BrN3O4/c1-4-18-7-5-13-11(19-7)10(17)15-14-9(16)8(12)6(2)3/h5-6,8H,4H2,1-3H3,(H,14,16)(H,15,17)/t8-/m0/s1. The van der Waals surface area contributed by atoms with Gasteiger partial charge in [-0.05, 0) is 12.8 Å². The first-order chi connectivity index (χ1) is 8.95. The number of oxazole rings is 1. The van der Waals surface area contributed by atoms with E-state index >= 15 is 0 Å². The third-order valence-corrected chi connectivity index (χ3v) is 3.57. The fourth-order valence-corrected chi connectivity index (χ4v) is 1.23. The highest BCUT2D eigenvalue weighted by Crippen LogP contribution is 2.12. The number of hydrazine groups is 1. The molecular formula is C11H16BrN3O4. The molecule has 1 atom stereocenters. The maximum absolute atomic E-state index is 11.6. The van der Waals surface area contributed by atoms with Gasteiger partial charge in [-0.2, -0.15) is 0 Å². The van der Waals surface area contributed by atoms with E-state index in [1.807, 2.05) is 13.8 Å². The first-order valence-corrected chi connectivity index (χ1v) is 6.70. The minimum atomic E-state index is -0.650. The van der Waals surface area contributed by atoms with E-state index in [-0.39, 0.29) is 23.7 Å². The number of halogens is 1. The minimum absolute atomic E-state index is 0.100. The van der Waals surface area contributed by atoms with Crippen LogP contribution in [0.15, 0.2) is 10.6 Å². The molecule has 0 bridgehead atoms. The lowest BCUT2D eigenvalue weighted by atomic mass is 10.1. The number of hydrogen-bond donors (Lipinski definition) is 2. The molecule has 8 heteroatoms. The lowest BCUT2D eigenvalue weighted by molar-refractivity contribution is -0.121. The van der Waals surface area contributed by atoms with Gasteiger partial charge in [0.05, 0.1) is 11.4 Å². The van der Waals surface area contributed by atoms with E-state index in [0.717, 1.165) is 0 Å². The van der Waals surface area contributed by atoms with E-state index in [1.165, 1.54) is 6.20 Å². The van der Waals surface area contributed by atoms with Crippen molar-refractivity contribution in [3.8, 4) is 5.95 Å². The minimum Gasteiger partial charge on any atom is -0.464 e. The number of carbonyl (C=O) groups is 2. The molecule has 2 N–H and O–H groups in total. The molecule has 7 nitrogen and oxygen atoms in total. The number of ether oxygens (including phenoxy) is 1. The fourth-order valence-electron chi connectivity index (χ4n) is 1.12. The summed E-state index contributed by atoms with van der Waals surface area (Å²) in [7, 11) is 0. The first kappa shape index (κ1) is 15.5. The van der Waals surface area contributed by atoms with Crippen molar-refractivity contribution >= 4 is 27.7 Å². The van der Waals surface area contributed by atoms with Gasteiger partial charge in [-0.25, -0.2) is 4.98 Å². The molecule has 0 saturated heterocycles. The monoisotopic (exact) mass is 333 g/mol. The van der Waals surface area contributed by atoms with Crippen LogP contribution in [0.5, 0.6) is 5.95 Å². The summed E-state index contributed by atoms with van der Waals surface area (Å²) < 4.78 is 10.0. The Hall–Kier alpha value is -1.57. The molecular weight excluding hydrogens is 318 g/mol. The van der Waals surface area contributed by atoms with Gasteiger partial charge in [0, 0.05) is 0 Å². The second-order valence-electron chi connectivity index (χ2n) is 4.01. The smallest absolute Gasteiger partial charge is 0.325 e. The molecule has 2 amide bonds. The Labute approximate surface area is 119 Å². The highest BCUT2D eigenvalue weighted by Gasteiger charge is 2.20. The molecule has 1 heterocycles. The molecule has 19 heavy (non-hydrogen) atoms. The van der Waals surface area contributed by atoms with Gasteiger partial charge < -0.3 is 9.15 Å². The highest BCUT2D eigenvalue weighted by atomic mass is 79.9. The van der Waals surface area contributed by atoms with Crippen LogP contribution in [-0.2, 0) is 4.79 Å². The van der Waals surface area contributed by atoms with E-state index in [0.29, 0.717) is 6.61 Å². The van der Waals surface area contributed by atoms with Crippen molar-refractivity contribution in [2.75, 3.05) is 6.61 Å². The molecule has 0 unspecified atom stereocenters. The second-order valence-corrected chi connectivity index (χ2v) is 4.99. The van der Waals surface area contributed by atoms with Crippen molar-refractivity contribution in [3.05, 3.63) is 12.1 Å². The van der Waals surface area contributed by atoms with Gasteiger partial charge >= 0.3 is 11.9 Å². The van der Waals surface area contributed by atoms with Crippen LogP contribution in [0.2, 0.25) is 0 Å². The average molecular weight is 334 g/mol. The molecule has 0 fully saturated rings. The predicted octanol–water partition coefficient (Wildman–Crippen LogP) is 1.25. The van der Waals surface area contributed by atoms with Crippen LogP contribution in [0.3, 0.4) is 0 Å². The number of alkyl halides is 1. The molecule has 0 aromatic carbocycles. The molecule has 0 saturated carbocycles. The topological polar surface area (TPSA) is 93.5 Å². The lowest BCUT2D eigenvalue weighted by Crippen LogP contribution is -2.46. The number of rotatable bonds is 5. The third kappa shape index (κ3) is 4.55. The summed E-state index contributed by atoms with van der Waals surface area (Å²) in [4.78, 5) is 26.5. The zero-order valence-corrected chi connectivity index (χ0v) is 12.5. The van der Waals surface area contributed by atoms with E-state index in [9.17, 15) is 9.59 Å². The third-order valence-electron chi connectivity index (χ3n) is 2.10. The van der Waals surface area contributed by atoms with Crippen molar-refractivity contribution in [2.45, 2.75) is 25.6 Å². The SMILES string of the molecule is CCOc1cnc(C(=O)NNC(=O)[C@@H](Br)C(C)C)o1. The maximum atomic E-state index is 11.6. The summed E-state index contributed by atoms with van der Waals surface area (Å²) in [5.41, 5.74) is 4.49. The number of carbonyl (C=O) groups excluding carboxylic acids is 2. The van der Waals surface area contributed by atoms with Gasteiger partial charge in [-0.3, -0.25) is 20.4 Å². The Morgan fingerprint density at radius 1 is 1.47 bits per heavy atom. The van der Waals surface area contributed by atoms with Gasteiger partial charge in [-0.1, -0.05) is 29.8 Å². The molecule has 0 spiro atoms. The van der Waals surface area contributed by atoms with Gasteiger partial charge in [0.15, 0.2) is 0 Å². The average Bonchev–Trinajstić information content (AvgIpc) is 2.83. The van der Waals surface area contributed by atoms with Gasteiger partial charge in [0.1, 0.15) is 6.20 Å². The van der Waals surface area contributed by atoms with Crippen molar-refractivity contribution in [1.82, 2.24) is 15.8 Å². The van der Waals surface area contributed by atoms with Crippen LogP contribution in [0.4, 0.5) is 0 Å². The van der Waals surface area contributed by atoms with E-state index in [1.54, 1.807) is 6.92 Å². The summed E-state index contributed by atoms with van der Waals surface area (Å²) >= 11 is 3.22. The molecule has 106 valence electrons. The van der Waals surface area contributed by atoms with Crippen LogP contribution < -0.4 is 15.6 Å². The Morgan fingerprint density at radius 2 is 2.16 bits per heavy atom. The Kier molecular flexibility index (Phi) is 5.81. The van der Waals surface area contributed by atoms with E-state index < -0.39 is 10.7 Å². The number of aromatic nitrogens is 1. The Bertz CT molecular complexity index is 447. The molecule has 1 aromatic heterocycles. The quantitative estimate of drug-likeness (QED) is 0.624. The number of amides is 2. The molecule has 0 aliphatic carbocycles. The number of nitrogens with one attached hydrogen (secondary N) is 2. The molecule has 1 rings (SSSR count). The molecule has 0 radical (unpaired) electrons. The van der Waals surface area contributed by atoms with Crippen LogP contribution >= 0.6 is 15.9 Å².